The molecule has 0 fully saturated rings. The van der Waals surface area contributed by atoms with Crippen molar-refractivity contribution in [3.8, 4) is 22.1 Å². The Morgan fingerprint density at radius 2 is 1.76 bits per heavy atom. The summed E-state index contributed by atoms with van der Waals surface area (Å²) in [5, 5.41) is 4.90. The molecule has 0 aliphatic rings. The van der Waals surface area contributed by atoms with Crippen LogP contribution in [0.2, 0.25) is 0 Å². The summed E-state index contributed by atoms with van der Waals surface area (Å²) in [4.78, 5) is 25.3. The highest BCUT2D eigenvalue weighted by molar-refractivity contribution is 7.21. The Bertz CT molecular complexity index is 1520. The second-order valence-electron chi connectivity index (χ2n) is 7.18. The molecule has 2 aromatic heterocycles. The van der Waals surface area contributed by atoms with Gasteiger partial charge in [-0.1, -0.05) is 18.2 Å². The zero-order chi connectivity index (χ0) is 22.9. The van der Waals surface area contributed by atoms with Gasteiger partial charge < -0.3 is 20.5 Å². The number of primary amides is 1. The highest BCUT2D eigenvalue weighted by Crippen LogP contribution is 2.36. The largest absolute Gasteiger partial charge is 0.493 e. The number of rotatable bonds is 6. The van der Waals surface area contributed by atoms with E-state index in [1.165, 1.54) is 17.7 Å². The Kier molecular flexibility index (Phi) is 5.23. The molecule has 0 aliphatic carbocycles. The number of nitrogens with two attached hydrogens (primary N) is 1. The number of nitrogens with one attached hydrogen (secondary N) is 1. The summed E-state index contributed by atoms with van der Waals surface area (Å²) in [5.74, 6) is 1.36. The van der Waals surface area contributed by atoms with Crippen LogP contribution in [0.5, 0.6) is 11.5 Å². The number of hydrogen-bond acceptors (Lipinski definition) is 8. The average molecular weight is 458 g/mol. The summed E-state index contributed by atoms with van der Waals surface area (Å²) in [6.07, 6.45) is 1.50. The van der Waals surface area contributed by atoms with Gasteiger partial charge in [0.15, 0.2) is 11.5 Å². The van der Waals surface area contributed by atoms with E-state index in [-0.39, 0.29) is 0 Å². The van der Waals surface area contributed by atoms with Crippen LogP contribution in [0.25, 0.3) is 31.7 Å². The number of nitrogens with zero attached hydrogens (tertiary/aromatic N) is 3. The van der Waals surface area contributed by atoms with E-state index in [4.69, 9.17) is 20.2 Å². The fourth-order valence-corrected chi connectivity index (χ4v) is 4.67. The normalized spacial score (nSPS) is 11.0. The molecule has 0 aliphatic heterocycles. The fourth-order valence-electron chi connectivity index (χ4n) is 3.62. The highest BCUT2D eigenvalue weighted by Gasteiger charge is 2.15. The third-order valence-electron chi connectivity index (χ3n) is 5.21. The van der Waals surface area contributed by atoms with Crippen LogP contribution < -0.4 is 20.5 Å². The number of methoxy groups -OCH3 is 2. The standard InChI is InChI=1S/C24H19N5O3S/c1-31-19-10-16-18(11-20(19)32-2)26-12-27-23(16)28-13-7-8-17-21(9-13)33-24(29-17)15-6-4-3-5-14(15)22(25)30/h3-12H,1-2H3,(H2,25,30)(H,26,27,28). The molecule has 164 valence electrons. The molecule has 0 saturated carbocycles. The monoisotopic (exact) mass is 457 g/mol. The van der Waals surface area contributed by atoms with Gasteiger partial charge in [0.25, 0.3) is 0 Å². The summed E-state index contributed by atoms with van der Waals surface area (Å²) in [5.41, 5.74) is 9.12. The molecular formula is C24H19N5O3S. The van der Waals surface area contributed by atoms with Gasteiger partial charge in [0.1, 0.15) is 17.2 Å². The molecule has 0 bridgehead atoms. The van der Waals surface area contributed by atoms with Gasteiger partial charge in [0.05, 0.1) is 30.0 Å². The maximum atomic E-state index is 11.8. The Morgan fingerprint density at radius 3 is 2.55 bits per heavy atom. The number of carbonyl (C=O) groups excluding carboxylic acids is 1. The molecular weight excluding hydrogens is 438 g/mol. The van der Waals surface area contributed by atoms with E-state index in [9.17, 15) is 4.79 Å². The number of benzene rings is 3. The molecule has 8 nitrogen and oxygen atoms in total. The van der Waals surface area contributed by atoms with Gasteiger partial charge in [0, 0.05) is 28.3 Å². The van der Waals surface area contributed by atoms with Crippen LogP contribution >= 0.6 is 11.3 Å². The van der Waals surface area contributed by atoms with Gasteiger partial charge in [-0.3, -0.25) is 4.79 Å². The molecule has 0 saturated heterocycles. The van der Waals surface area contributed by atoms with Crippen LogP contribution in [0.1, 0.15) is 10.4 Å². The van der Waals surface area contributed by atoms with Crippen molar-refractivity contribution in [2.24, 2.45) is 5.73 Å². The first-order valence-electron chi connectivity index (χ1n) is 10.0. The summed E-state index contributed by atoms with van der Waals surface area (Å²) in [6.45, 7) is 0. The molecule has 1 amide bonds. The van der Waals surface area contributed by atoms with E-state index in [2.05, 4.69) is 15.3 Å². The van der Waals surface area contributed by atoms with Crippen LogP contribution in [0.15, 0.2) is 60.9 Å². The lowest BCUT2D eigenvalue weighted by Gasteiger charge is -2.12. The third kappa shape index (κ3) is 3.79. The van der Waals surface area contributed by atoms with Crippen molar-refractivity contribution in [1.82, 2.24) is 15.0 Å². The SMILES string of the molecule is COc1cc2ncnc(Nc3ccc4nc(-c5ccccc5C(N)=O)sc4c3)c2cc1OC. The summed E-state index contributed by atoms with van der Waals surface area (Å²) in [6, 6.07) is 16.7. The van der Waals surface area contributed by atoms with E-state index in [1.54, 1.807) is 26.4 Å². The topological polar surface area (TPSA) is 112 Å². The first kappa shape index (κ1) is 20.7. The zero-order valence-electron chi connectivity index (χ0n) is 17.8. The number of thiazole rings is 1. The maximum absolute atomic E-state index is 11.8. The molecule has 0 spiro atoms. The molecule has 5 rings (SSSR count). The van der Waals surface area contributed by atoms with Crippen molar-refractivity contribution in [2.75, 3.05) is 19.5 Å². The summed E-state index contributed by atoms with van der Waals surface area (Å²) < 4.78 is 11.8. The molecule has 5 aromatic rings. The first-order valence-corrected chi connectivity index (χ1v) is 10.8. The summed E-state index contributed by atoms with van der Waals surface area (Å²) >= 11 is 1.49. The lowest BCUT2D eigenvalue weighted by Crippen LogP contribution is -2.12. The quantitative estimate of drug-likeness (QED) is 0.378. The second-order valence-corrected chi connectivity index (χ2v) is 8.21. The smallest absolute Gasteiger partial charge is 0.249 e. The van der Waals surface area contributed by atoms with E-state index >= 15 is 0 Å². The Morgan fingerprint density at radius 1 is 0.970 bits per heavy atom. The lowest BCUT2D eigenvalue weighted by molar-refractivity contribution is 0.100. The number of anilines is 2. The van der Waals surface area contributed by atoms with Gasteiger partial charge in [-0.25, -0.2) is 15.0 Å². The van der Waals surface area contributed by atoms with E-state index in [1.807, 2.05) is 42.5 Å². The van der Waals surface area contributed by atoms with Crippen molar-refractivity contribution in [2.45, 2.75) is 0 Å². The van der Waals surface area contributed by atoms with Crippen molar-refractivity contribution in [1.29, 1.82) is 0 Å². The Hall–Kier alpha value is -4.24. The third-order valence-corrected chi connectivity index (χ3v) is 6.27. The molecule has 9 heteroatoms. The van der Waals surface area contributed by atoms with Crippen LogP contribution in [0, 0.1) is 0 Å². The Balaban J connectivity index is 1.53. The highest BCUT2D eigenvalue weighted by atomic mass is 32.1. The maximum Gasteiger partial charge on any atom is 0.249 e. The fraction of sp³-hybridized carbons (Fsp3) is 0.0833. The second kappa shape index (κ2) is 8.36. The van der Waals surface area contributed by atoms with Crippen molar-refractivity contribution in [3.63, 3.8) is 0 Å². The predicted molar refractivity (Wildman–Crippen MR) is 129 cm³/mol. The average Bonchev–Trinajstić information content (AvgIpc) is 3.26. The molecule has 2 heterocycles. The molecule has 0 radical (unpaired) electrons. The van der Waals surface area contributed by atoms with Crippen LogP contribution in [-0.4, -0.2) is 35.1 Å². The van der Waals surface area contributed by atoms with E-state index in [0.717, 1.165) is 37.4 Å². The minimum Gasteiger partial charge on any atom is -0.493 e. The zero-order valence-corrected chi connectivity index (χ0v) is 18.6. The number of carbonyl (C=O) groups is 1. The number of ether oxygens (including phenoxy) is 2. The summed E-state index contributed by atoms with van der Waals surface area (Å²) in [7, 11) is 3.18. The van der Waals surface area contributed by atoms with Crippen molar-refractivity contribution < 1.29 is 14.3 Å². The predicted octanol–water partition coefficient (Wildman–Crippen LogP) is 4.77. The molecule has 3 N–H and O–H groups in total. The minimum absolute atomic E-state index is 0.451. The van der Waals surface area contributed by atoms with Gasteiger partial charge in [-0.15, -0.1) is 11.3 Å². The van der Waals surface area contributed by atoms with Crippen LogP contribution in [0.3, 0.4) is 0 Å². The molecule has 0 atom stereocenters. The van der Waals surface area contributed by atoms with E-state index in [0.29, 0.717) is 22.9 Å². The van der Waals surface area contributed by atoms with Gasteiger partial charge >= 0.3 is 0 Å². The van der Waals surface area contributed by atoms with E-state index < -0.39 is 5.91 Å². The number of amides is 1. The van der Waals surface area contributed by atoms with Crippen LogP contribution in [-0.2, 0) is 0 Å². The Labute approximate surface area is 193 Å². The van der Waals surface area contributed by atoms with Crippen LogP contribution in [0.4, 0.5) is 11.5 Å². The number of aromatic nitrogens is 3. The molecule has 3 aromatic carbocycles. The lowest BCUT2D eigenvalue weighted by atomic mass is 10.1. The van der Waals surface area contributed by atoms with Crippen molar-refractivity contribution >= 4 is 49.9 Å². The first-order chi connectivity index (χ1) is 16.1. The van der Waals surface area contributed by atoms with Gasteiger partial charge in [0.2, 0.25) is 5.91 Å². The molecule has 33 heavy (non-hydrogen) atoms. The van der Waals surface area contributed by atoms with Crippen molar-refractivity contribution in [3.05, 3.63) is 66.5 Å². The van der Waals surface area contributed by atoms with Gasteiger partial charge in [-0.05, 0) is 30.3 Å². The minimum atomic E-state index is -0.477. The van der Waals surface area contributed by atoms with Gasteiger partial charge in [-0.2, -0.15) is 0 Å². The molecule has 0 unspecified atom stereocenters. The number of fused-ring (bicyclic) bond motifs is 2. The number of hydrogen-bond donors (Lipinski definition) is 2.